The Labute approximate surface area is 128 Å². The summed E-state index contributed by atoms with van der Waals surface area (Å²) in [5, 5.41) is 3.99. The minimum Gasteiger partial charge on any atom is -0.370 e. The van der Waals surface area contributed by atoms with Crippen LogP contribution in [0, 0.1) is 6.92 Å². The van der Waals surface area contributed by atoms with Crippen molar-refractivity contribution in [3.63, 3.8) is 0 Å². The van der Waals surface area contributed by atoms with Crippen molar-refractivity contribution >= 4 is 22.8 Å². The highest BCUT2D eigenvalue weighted by Crippen LogP contribution is 2.16. The number of nitrogens with zero attached hydrogens (tertiary/aromatic N) is 3. The number of hydrogen-bond acceptors (Lipinski definition) is 3. The molecule has 3 N–H and O–H groups in total. The van der Waals surface area contributed by atoms with Gasteiger partial charge in [0, 0.05) is 5.39 Å². The van der Waals surface area contributed by atoms with Crippen molar-refractivity contribution in [1.82, 2.24) is 9.97 Å². The average molecular weight is 291 g/mol. The lowest BCUT2D eigenvalue weighted by molar-refractivity contribution is 1.05. The highest BCUT2D eigenvalue weighted by atomic mass is 15.2. The third-order valence-corrected chi connectivity index (χ3v) is 3.31. The van der Waals surface area contributed by atoms with Crippen LogP contribution in [0.1, 0.15) is 11.3 Å². The van der Waals surface area contributed by atoms with E-state index >= 15 is 0 Å². The van der Waals surface area contributed by atoms with Crippen molar-refractivity contribution in [3.8, 4) is 0 Å². The molecule has 1 aromatic heterocycles. The normalized spacial score (nSPS) is 11.6. The summed E-state index contributed by atoms with van der Waals surface area (Å²) < 4.78 is 0. The van der Waals surface area contributed by atoms with Crippen molar-refractivity contribution < 1.29 is 0 Å². The first-order chi connectivity index (χ1) is 10.7. The van der Waals surface area contributed by atoms with E-state index in [4.69, 9.17) is 5.73 Å². The molecule has 0 fully saturated rings. The maximum atomic E-state index is 5.91. The summed E-state index contributed by atoms with van der Waals surface area (Å²) >= 11 is 0. The summed E-state index contributed by atoms with van der Waals surface area (Å²) in [6, 6.07) is 17.8. The van der Waals surface area contributed by atoms with Crippen LogP contribution in [-0.2, 0) is 6.54 Å². The summed E-state index contributed by atoms with van der Waals surface area (Å²) in [6.45, 7) is 2.47. The predicted octanol–water partition coefficient (Wildman–Crippen LogP) is 2.87. The second-order valence-electron chi connectivity index (χ2n) is 4.96. The molecule has 0 bridgehead atoms. The molecule has 3 rings (SSSR count). The van der Waals surface area contributed by atoms with Crippen LogP contribution in [0.5, 0.6) is 0 Å². The van der Waals surface area contributed by atoms with Crippen molar-refractivity contribution in [2.24, 2.45) is 10.7 Å². The molecular formula is C17H17N5. The molecule has 0 atom stereocenters. The Balaban J connectivity index is 1.77. The first-order valence-corrected chi connectivity index (χ1v) is 7.06. The smallest absolute Gasteiger partial charge is 0.230 e. The zero-order chi connectivity index (χ0) is 15.4. The first-order valence-electron chi connectivity index (χ1n) is 7.06. The monoisotopic (exact) mass is 291 g/mol. The van der Waals surface area contributed by atoms with E-state index in [2.05, 4.69) is 20.3 Å². The first kappa shape index (κ1) is 14.0. The summed E-state index contributed by atoms with van der Waals surface area (Å²) in [4.78, 5) is 13.2. The lowest BCUT2D eigenvalue weighted by atomic mass is 10.2. The molecule has 2 aromatic carbocycles. The number of aromatic nitrogens is 2. The minimum atomic E-state index is 0.304. The molecule has 0 radical (unpaired) electrons. The van der Waals surface area contributed by atoms with E-state index in [1.54, 1.807) is 0 Å². The largest absolute Gasteiger partial charge is 0.370 e. The molecular weight excluding hydrogens is 274 g/mol. The number of anilines is 1. The van der Waals surface area contributed by atoms with Crippen LogP contribution in [0.2, 0.25) is 0 Å². The molecule has 1 heterocycles. The van der Waals surface area contributed by atoms with Crippen LogP contribution in [0.15, 0.2) is 59.6 Å². The third-order valence-electron chi connectivity index (χ3n) is 3.31. The second-order valence-corrected chi connectivity index (χ2v) is 4.96. The van der Waals surface area contributed by atoms with Gasteiger partial charge >= 0.3 is 0 Å². The molecule has 3 aromatic rings. The van der Waals surface area contributed by atoms with Gasteiger partial charge < -0.3 is 5.73 Å². The Kier molecular flexibility index (Phi) is 3.96. The number of fused-ring (bicyclic) bond motifs is 1. The molecule has 0 aliphatic heterocycles. The molecule has 0 aliphatic rings. The van der Waals surface area contributed by atoms with Gasteiger partial charge in [-0.15, -0.1) is 0 Å². The Morgan fingerprint density at radius 1 is 1.05 bits per heavy atom. The van der Waals surface area contributed by atoms with Gasteiger partial charge in [-0.3, -0.25) is 5.32 Å². The quantitative estimate of drug-likeness (QED) is 0.574. The van der Waals surface area contributed by atoms with Gasteiger partial charge in [-0.05, 0) is 18.6 Å². The summed E-state index contributed by atoms with van der Waals surface area (Å²) in [6.07, 6.45) is 0. The van der Waals surface area contributed by atoms with E-state index in [1.807, 2.05) is 61.5 Å². The Hall–Kier alpha value is -2.95. The number of aryl methyl sites for hydroxylation is 1. The van der Waals surface area contributed by atoms with Crippen LogP contribution < -0.4 is 11.1 Å². The van der Waals surface area contributed by atoms with E-state index in [1.165, 1.54) is 0 Å². The molecule has 0 saturated heterocycles. The van der Waals surface area contributed by atoms with Gasteiger partial charge in [0.1, 0.15) is 0 Å². The fourth-order valence-electron chi connectivity index (χ4n) is 2.21. The fraction of sp³-hybridized carbons (Fsp3) is 0.118. The molecule has 110 valence electrons. The van der Waals surface area contributed by atoms with E-state index in [9.17, 15) is 0 Å². The van der Waals surface area contributed by atoms with Crippen LogP contribution in [0.3, 0.4) is 0 Å². The van der Waals surface area contributed by atoms with Crippen LogP contribution in [-0.4, -0.2) is 15.9 Å². The van der Waals surface area contributed by atoms with Gasteiger partial charge in [0.2, 0.25) is 5.95 Å². The molecule has 0 unspecified atom stereocenters. The highest BCUT2D eigenvalue weighted by molar-refractivity contribution is 5.92. The zero-order valence-electron chi connectivity index (χ0n) is 12.3. The standard InChI is InChI=1S/C17H17N5/c1-12-14-9-5-6-10-15(14)21-17(20-12)22-16(18)19-11-13-7-3-2-4-8-13/h2-10H,11H2,1H3,(H3,18,19,20,21,22). The van der Waals surface area contributed by atoms with Gasteiger partial charge in [-0.2, -0.15) is 0 Å². The number of nitrogens with two attached hydrogens (primary N) is 1. The Bertz CT molecular complexity index is 812. The van der Waals surface area contributed by atoms with E-state index < -0.39 is 0 Å². The summed E-state index contributed by atoms with van der Waals surface area (Å²) in [5.41, 5.74) is 8.80. The fourth-order valence-corrected chi connectivity index (χ4v) is 2.21. The second kappa shape index (κ2) is 6.22. The molecule has 0 saturated carbocycles. The van der Waals surface area contributed by atoms with Gasteiger partial charge in [0.25, 0.3) is 0 Å². The topological polar surface area (TPSA) is 76.2 Å². The summed E-state index contributed by atoms with van der Waals surface area (Å²) in [7, 11) is 0. The van der Waals surface area contributed by atoms with Crippen molar-refractivity contribution in [2.75, 3.05) is 5.32 Å². The van der Waals surface area contributed by atoms with E-state index in [-0.39, 0.29) is 0 Å². The number of para-hydroxylation sites is 1. The lowest BCUT2D eigenvalue weighted by Gasteiger charge is -2.07. The number of hydrogen-bond donors (Lipinski definition) is 2. The molecule has 22 heavy (non-hydrogen) atoms. The van der Waals surface area contributed by atoms with E-state index in [0.717, 1.165) is 22.2 Å². The SMILES string of the molecule is Cc1nc(NC(N)=NCc2ccccc2)nc2ccccc12. The molecule has 0 spiro atoms. The Morgan fingerprint density at radius 3 is 2.59 bits per heavy atom. The zero-order valence-corrected chi connectivity index (χ0v) is 12.3. The van der Waals surface area contributed by atoms with Gasteiger partial charge in [-0.1, -0.05) is 48.5 Å². The number of benzene rings is 2. The predicted molar refractivity (Wildman–Crippen MR) is 89.7 cm³/mol. The van der Waals surface area contributed by atoms with Crippen LogP contribution in [0.4, 0.5) is 5.95 Å². The van der Waals surface area contributed by atoms with Crippen molar-refractivity contribution in [3.05, 3.63) is 65.9 Å². The van der Waals surface area contributed by atoms with Crippen LogP contribution >= 0.6 is 0 Å². The van der Waals surface area contributed by atoms with Gasteiger partial charge in [0.15, 0.2) is 5.96 Å². The number of aliphatic imine (C=N–C) groups is 1. The lowest BCUT2D eigenvalue weighted by Crippen LogP contribution is -2.24. The Morgan fingerprint density at radius 2 is 1.77 bits per heavy atom. The number of guanidine groups is 1. The van der Waals surface area contributed by atoms with Crippen molar-refractivity contribution in [1.29, 1.82) is 0 Å². The van der Waals surface area contributed by atoms with Crippen LogP contribution in [0.25, 0.3) is 10.9 Å². The maximum absolute atomic E-state index is 5.91. The maximum Gasteiger partial charge on any atom is 0.230 e. The molecule has 0 amide bonds. The molecule has 0 aliphatic carbocycles. The van der Waals surface area contributed by atoms with Gasteiger partial charge in [-0.25, -0.2) is 15.0 Å². The molecule has 5 nitrogen and oxygen atoms in total. The van der Waals surface area contributed by atoms with E-state index in [0.29, 0.717) is 18.5 Å². The average Bonchev–Trinajstić information content (AvgIpc) is 2.54. The number of nitrogens with one attached hydrogen (secondary N) is 1. The number of rotatable bonds is 3. The third kappa shape index (κ3) is 3.20. The highest BCUT2D eigenvalue weighted by Gasteiger charge is 2.04. The summed E-state index contributed by atoms with van der Waals surface area (Å²) in [5.74, 6) is 0.768. The molecule has 5 heteroatoms. The minimum absolute atomic E-state index is 0.304. The van der Waals surface area contributed by atoms with Gasteiger partial charge in [0.05, 0.1) is 17.8 Å². The van der Waals surface area contributed by atoms with Crippen molar-refractivity contribution in [2.45, 2.75) is 13.5 Å².